The highest BCUT2D eigenvalue weighted by Crippen LogP contribution is 2.20. The highest BCUT2D eigenvalue weighted by molar-refractivity contribution is 7.09. The van der Waals surface area contributed by atoms with Crippen LogP contribution < -0.4 is 5.73 Å². The Balaban J connectivity index is 2.16. The number of hydrogen-bond donors (Lipinski definition) is 1. The Bertz CT molecular complexity index is 493. The van der Waals surface area contributed by atoms with Gasteiger partial charge >= 0.3 is 0 Å². The lowest BCUT2D eigenvalue weighted by Gasteiger charge is -2.14. The molecule has 4 heteroatoms. The first-order chi connectivity index (χ1) is 8.20. The lowest BCUT2D eigenvalue weighted by atomic mass is 9.98. The molecule has 1 atom stereocenters. The maximum absolute atomic E-state index is 6.25. The Morgan fingerprint density at radius 1 is 1.47 bits per heavy atom. The Hall–Kier alpha value is -1.26. The molecule has 1 unspecified atom stereocenters. The van der Waals surface area contributed by atoms with E-state index >= 15 is 0 Å². The molecule has 2 rings (SSSR count). The largest absolute Gasteiger partial charge is 0.324 e. The number of thiazole rings is 1. The van der Waals surface area contributed by atoms with Gasteiger partial charge in [-0.05, 0) is 30.5 Å². The molecule has 3 nitrogen and oxygen atoms in total. The fraction of sp³-hybridized carbons (Fsp3) is 0.385. The van der Waals surface area contributed by atoms with Crippen molar-refractivity contribution in [2.75, 3.05) is 0 Å². The molecule has 0 amide bonds. The van der Waals surface area contributed by atoms with Crippen molar-refractivity contribution in [2.45, 2.75) is 32.7 Å². The predicted octanol–water partition coefficient (Wildman–Crippen LogP) is 2.65. The molecular weight excluding hydrogens is 230 g/mol. The molecular formula is C13H17N3S. The Morgan fingerprint density at radius 2 is 2.29 bits per heavy atom. The third kappa shape index (κ3) is 2.90. The topological polar surface area (TPSA) is 51.8 Å². The van der Waals surface area contributed by atoms with Gasteiger partial charge in [0.15, 0.2) is 0 Å². The Kier molecular flexibility index (Phi) is 3.86. The van der Waals surface area contributed by atoms with Gasteiger partial charge in [0.2, 0.25) is 0 Å². The molecule has 17 heavy (non-hydrogen) atoms. The van der Waals surface area contributed by atoms with Crippen molar-refractivity contribution in [1.82, 2.24) is 9.97 Å². The number of aryl methyl sites for hydroxylation is 2. The van der Waals surface area contributed by atoms with E-state index in [9.17, 15) is 0 Å². The van der Waals surface area contributed by atoms with Crippen molar-refractivity contribution in [2.24, 2.45) is 5.73 Å². The van der Waals surface area contributed by atoms with Gasteiger partial charge in [0.05, 0.1) is 10.7 Å². The molecule has 0 radical (unpaired) electrons. The van der Waals surface area contributed by atoms with Crippen LogP contribution in [0.2, 0.25) is 0 Å². The second-order valence-electron chi connectivity index (χ2n) is 4.10. The molecule has 0 spiro atoms. The number of hydrogen-bond acceptors (Lipinski definition) is 4. The normalized spacial score (nSPS) is 12.6. The zero-order valence-corrected chi connectivity index (χ0v) is 11.0. The quantitative estimate of drug-likeness (QED) is 0.903. The predicted molar refractivity (Wildman–Crippen MR) is 71.1 cm³/mol. The van der Waals surface area contributed by atoms with Gasteiger partial charge in [-0.25, -0.2) is 4.98 Å². The van der Waals surface area contributed by atoms with Crippen LogP contribution in [0.4, 0.5) is 0 Å². The van der Waals surface area contributed by atoms with Crippen molar-refractivity contribution in [1.29, 1.82) is 0 Å². The highest BCUT2D eigenvalue weighted by Gasteiger charge is 2.12. The monoisotopic (exact) mass is 247 g/mol. The highest BCUT2D eigenvalue weighted by atomic mass is 32.1. The molecule has 0 aliphatic heterocycles. The first kappa shape index (κ1) is 12.2. The van der Waals surface area contributed by atoms with Crippen LogP contribution in [0.5, 0.6) is 0 Å². The van der Waals surface area contributed by atoms with Crippen LogP contribution in [-0.2, 0) is 12.8 Å². The molecule has 0 aliphatic rings. The van der Waals surface area contributed by atoms with Crippen LogP contribution >= 0.6 is 11.3 Å². The van der Waals surface area contributed by atoms with Crippen molar-refractivity contribution < 1.29 is 0 Å². The van der Waals surface area contributed by atoms with Gasteiger partial charge in [0.25, 0.3) is 0 Å². The smallest absolute Gasteiger partial charge is 0.0897 e. The van der Waals surface area contributed by atoms with Crippen LogP contribution in [0.25, 0.3) is 0 Å². The van der Waals surface area contributed by atoms with Gasteiger partial charge in [0, 0.05) is 30.2 Å². The summed E-state index contributed by atoms with van der Waals surface area (Å²) in [4.78, 5) is 8.60. The van der Waals surface area contributed by atoms with Gasteiger partial charge in [-0.2, -0.15) is 0 Å². The number of nitrogens with two attached hydrogens (primary N) is 1. The molecule has 2 heterocycles. The summed E-state index contributed by atoms with van der Waals surface area (Å²) in [6.45, 7) is 4.14. The minimum Gasteiger partial charge on any atom is -0.324 e. The van der Waals surface area contributed by atoms with E-state index in [4.69, 9.17) is 5.73 Å². The molecule has 2 aromatic rings. The summed E-state index contributed by atoms with van der Waals surface area (Å²) in [5, 5.41) is 3.18. The van der Waals surface area contributed by atoms with E-state index in [0.717, 1.165) is 23.5 Å². The van der Waals surface area contributed by atoms with Crippen LogP contribution in [0.1, 0.15) is 34.8 Å². The lowest BCUT2D eigenvalue weighted by molar-refractivity contribution is 0.698. The summed E-state index contributed by atoms with van der Waals surface area (Å²) in [6, 6.07) is 2.03. The summed E-state index contributed by atoms with van der Waals surface area (Å²) in [5.41, 5.74) is 9.75. The zero-order chi connectivity index (χ0) is 12.3. The first-order valence-corrected chi connectivity index (χ1v) is 6.68. The second-order valence-corrected chi connectivity index (χ2v) is 5.16. The minimum absolute atomic E-state index is 0.00875. The summed E-state index contributed by atoms with van der Waals surface area (Å²) in [6.07, 6.45) is 5.47. The SMILES string of the molecule is CCc1cnccc1C(N)Cc1csc(C)n1. The van der Waals surface area contributed by atoms with E-state index in [-0.39, 0.29) is 6.04 Å². The molecule has 90 valence electrons. The number of pyridine rings is 1. The third-order valence-electron chi connectivity index (χ3n) is 2.82. The van der Waals surface area contributed by atoms with E-state index in [1.54, 1.807) is 17.5 Å². The van der Waals surface area contributed by atoms with Gasteiger partial charge in [0.1, 0.15) is 0 Å². The van der Waals surface area contributed by atoms with E-state index in [1.165, 1.54) is 11.1 Å². The minimum atomic E-state index is 0.00875. The molecule has 0 bridgehead atoms. The van der Waals surface area contributed by atoms with Crippen LogP contribution in [-0.4, -0.2) is 9.97 Å². The molecule has 0 saturated carbocycles. The number of aromatic nitrogens is 2. The van der Waals surface area contributed by atoms with Gasteiger partial charge in [-0.15, -0.1) is 11.3 Å². The van der Waals surface area contributed by atoms with Gasteiger partial charge < -0.3 is 5.73 Å². The molecule has 0 aliphatic carbocycles. The first-order valence-electron chi connectivity index (χ1n) is 5.80. The van der Waals surface area contributed by atoms with Crippen LogP contribution in [0.3, 0.4) is 0 Å². The third-order valence-corrected chi connectivity index (χ3v) is 3.64. The number of rotatable bonds is 4. The zero-order valence-electron chi connectivity index (χ0n) is 10.2. The maximum atomic E-state index is 6.25. The van der Waals surface area contributed by atoms with Gasteiger partial charge in [-0.1, -0.05) is 6.92 Å². The fourth-order valence-corrected chi connectivity index (χ4v) is 2.56. The van der Waals surface area contributed by atoms with E-state index in [0.29, 0.717) is 0 Å². The molecule has 0 saturated heterocycles. The average Bonchev–Trinajstić information content (AvgIpc) is 2.74. The fourth-order valence-electron chi connectivity index (χ4n) is 1.93. The second kappa shape index (κ2) is 5.38. The van der Waals surface area contributed by atoms with E-state index in [1.807, 2.05) is 19.2 Å². The average molecular weight is 247 g/mol. The number of nitrogens with zero attached hydrogens (tertiary/aromatic N) is 2. The van der Waals surface area contributed by atoms with Crippen molar-refractivity contribution in [3.05, 3.63) is 45.7 Å². The van der Waals surface area contributed by atoms with Crippen LogP contribution in [0, 0.1) is 6.92 Å². The van der Waals surface area contributed by atoms with E-state index < -0.39 is 0 Å². The lowest BCUT2D eigenvalue weighted by Crippen LogP contribution is -2.15. The molecule has 2 aromatic heterocycles. The summed E-state index contributed by atoms with van der Waals surface area (Å²) >= 11 is 1.67. The van der Waals surface area contributed by atoms with Crippen LogP contribution in [0.15, 0.2) is 23.8 Å². The van der Waals surface area contributed by atoms with E-state index in [2.05, 4.69) is 22.3 Å². The summed E-state index contributed by atoms with van der Waals surface area (Å²) < 4.78 is 0. The molecule has 2 N–H and O–H groups in total. The Labute approximate surface area is 106 Å². The molecule has 0 fully saturated rings. The van der Waals surface area contributed by atoms with Crippen molar-refractivity contribution >= 4 is 11.3 Å². The summed E-state index contributed by atoms with van der Waals surface area (Å²) in [5.74, 6) is 0. The Morgan fingerprint density at radius 3 is 2.94 bits per heavy atom. The summed E-state index contributed by atoms with van der Waals surface area (Å²) in [7, 11) is 0. The van der Waals surface area contributed by atoms with Crippen molar-refractivity contribution in [3.63, 3.8) is 0 Å². The standard InChI is InChI=1S/C13H17N3S/c1-3-10-7-15-5-4-12(10)13(14)6-11-8-17-9(2)16-11/h4-5,7-8,13H,3,6,14H2,1-2H3. The van der Waals surface area contributed by atoms with Crippen molar-refractivity contribution in [3.8, 4) is 0 Å². The molecule has 0 aromatic carbocycles. The van der Waals surface area contributed by atoms with Gasteiger partial charge in [-0.3, -0.25) is 4.98 Å². The maximum Gasteiger partial charge on any atom is 0.0897 e.